The van der Waals surface area contributed by atoms with Crippen molar-refractivity contribution in [3.05, 3.63) is 57.6 Å². The Morgan fingerprint density at radius 1 is 1.17 bits per heavy atom. The summed E-state index contributed by atoms with van der Waals surface area (Å²) in [4.78, 5) is 23.8. The number of aryl methyl sites for hydroxylation is 1. The molecule has 0 radical (unpaired) electrons. The molecular formula is C18H18BrNO3. The Hall–Kier alpha value is -2.14. The van der Waals surface area contributed by atoms with Gasteiger partial charge >= 0.3 is 0 Å². The van der Waals surface area contributed by atoms with Crippen molar-refractivity contribution in [1.29, 1.82) is 0 Å². The molecule has 120 valence electrons. The molecule has 2 aromatic rings. The number of anilines is 1. The van der Waals surface area contributed by atoms with Crippen LogP contribution in [0.15, 0.2) is 40.9 Å². The molecule has 0 saturated heterocycles. The van der Waals surface area contributed by atoms with Crippen LogP contribution in [0.5, 0.6) is 5.75 Å². The van der Waals surface area contributed by atoms with Crippen LogP contribution in [0.1, 0.15) is 28.4 Å². The van der Waals surface area contributed by atoms with Gasteiger partial charge in [-0.1, -0.05) is 15.9 Å². The Balaban J connectivity index is 2.19. The molecular weight excluding hydrogens is 358 g/mol. The predicted molar refractivity (Wildman–Crippen MR) is 94.2 cm³/mol. The quantitative estimate of drug-likeness (QED) is 0.798. The molecule has 0 fully saturated rings. The van der Waals surface area contributed by atoms with Crippen molar-refractivity contribution in [2.75, 3.05) is 12.4 Å². The molecule has 1 N–H and O–H groups in total. The monoisotopic (exact) mass is 375 g/mol. The lowest BCUT2D eigenvalue weighted by atomic mass is 10.0. The average Bonchev–Trinajstić information content (AvgIpc) is 2.50. The summed E-state index contributed by atoms with van der Waals surface area (Å²) in [5, 5.41) is 2.89. The fraction of sp³-hybridized carbons (Fsp3) is 0.222. The second-order valence-corrected chi connectivity index (χ2v) is 6.18. The third kappa shape index (κ3) is 4.42. The first-order valence-corrected chi connectivity index (χ1v) is 7.94. The molecule has 0 spiro atoms. The maximum absolute atomic E-state index is 12.3. The average molecular weight is 376 g/mol. The standard InChI is InChI=1S/C18H18BrNO3/c1-11-8-15(19)5-6-16(11)20-18(22)10-14-9-13(12(2)21)4-7-17(14)23-3/h4-9H,10H2,1-3H3,(H,20,22). The molecule has 5 heteroatoms. The largest absolute Gasteiger partial charge is 0.496 e. The number of ether oxygens (including phenoxy) is 1. The number of benzene rings is 2. The third-order valence-electron chi connectivity index (χ3n) is 3.50. The van der Waals surface area contributed by atoms with E-state index >= 15 is 0 Å². The molecule has 0 aliphatic carbocycles. The number of nitrogens with one attached hydrogen (secondary N) is 1. The minimum Gasteiger partial charge on any atom is -0.496 e. The number of rotatable bonds is 5. The van der Waals surface area contributed by atoms with Gasteiger partial charge in [-0.05, 0) is 55.8 Å². The number of hydrogen-bond donors (Lipinski definition) is 1. The highest BCUT2D eigenvalue weighted by Crippen LogP contribution is 2.23. The van der Waals surface area contributed by atoms with Gasteiger partial charge in [-0.25, -0.2) is 0 Å². The SMILES string of the molecule is COc1ccc(C(C)=O)cc1CC(=O)Nc1ccc(Br)cc1C. The van der Waals surface area contributed by atoms with E-state index in [0.717, 1.165) is 15.7 Å². The van der Waals surface area contributed by atoms with Crippen LogP contribution in [0.25, 0.3) is 0 Å². The molecule has 0 aliphatic heterocycles. The number of halogens is 1. The molecule has 23 heavy (non-hydrogen) atoms. The first-order valence-electron chi connectivity index (χ1n) is 7.14. The van der Waals surface area contributed by atoms with Gasteiger partial charge in [0.2, 0.25) is 5.91 Å². The van der Waals surface area contributed by atoms with Gasteiger partial charge in [-0.3, -0.25) is 9.59 Å². The minimum absolute atomic E-state index is 0.0435. The van der Waals surface area contributed by atoms with Gasteiger partial charge in [-0.15, -0.1) is 0 Å². The van der Waals surface area contributed by atoms with E-state index in [0.29, 0.717) is 16.9 Å². The van der Waals surface area contributed by atoms with E-state index in [1.807, 2.05) is 25.1 Å². The van der Waals surface area contributed by atoms with Crippen LogP contribution in [0.2, 0.25) is 0 Å². The number of amides is 1. The molecule has 2 aromatic carbocycles. The van der Waals surface area contributed by atoms with Gasteiger partial charge < -0.3 is 10.1 Å². The Morgan fingerprint density at radius 3 is 2.52 bits per heavy atom. The summed E-state index contributed by atoms with van der Waals surface area (Å²) in [5.74, 6) is 0.394. The second kappa shape index (κ2) is 7.42. The smallest absolute Gasteiger partial charge is 0.228 e. The van der Waals surface area contributed by atoms with Crippen LogP contribution in [-0.4, -0.2) is 18.8 Å². The number of ketones is 1. The zero-order valence-electron chi connectivity index (χ0n) is 13.3. The van der Waals surface area contributed by atoms with E-state index in [9.17, 15) is 9.59 Å². The zero-order valence-corrected chi connectivity index (χ0v) is 14.9. The molecule has 1 amide bonds. The number of carbonyl (C=O) groups is 2. The van der Waals surface area contributed by atoms with Gasteiger partial charge in [0, 0.05) is 21.3 Å². The maximum atomic E-state index is 12.3. The van der Waals surface area contributed by atoms with Gasteiger partial charge in [-0.2, -0.15) is 0 Å². The predicted octanol–water partition coefficient (Wildman–Crippen LogP) is 4.15. The van der Waals surface area contributed by atoms with Crippen molar-refractivity contribution in [3.63, 3.8) is 0 Å². The summed E-state index contributed by atoms with van der Waals surface area (Å²) in [7, 11) is 1.54. The van der Waals surface area contributed by atoms with Crippen LogP contribution >= 0.6 is 15.9 Å². The summed E-state index contributed by atoms with van der Waals surface area (Å²) in [6, 6.07) is 10.8. The first-order chi connectivity index (χ1) is 10.9. The Morgan fingerprint density at radius 2 is 1.91 bits per heavy atom. The van der Waals surface area contributed by atoms with Gasteiger partial charge in [0.15, 0.2) is 5.78 Å². The molecule has 0 bridgehead atoms. The van der Waals surface area contributed by atoms with Crippen molar-refractivity contribution < 1.29 is 14.3 Å². The van der Waals surface area contributed by atoms with Crippen LogP contribution in [0, 0.1) is 6.92 Å². The van der Waals surface area contributed by atoms with Gasteiger partial charge in [0.1, 0.15) is 5.75 Å². The molecule has 0 heterocycles. The van der Waals surface area contributed by atoms with E-state index in [1.54, 1.807) is 25.3 Å². The minimum atomic E-state index is -0.158. The Bertz CT molecular complexity index is 756. The zero-order chi connectivity index (χ0) is 17.0. The summed E-state index contributed by atoms with van der Waals surface area (Å²) in [5.41, 5.74) is 2.98. The third-order valence-corrected chi connectivity index (χ3v) is 3.99. The number of hydrogen-bond acceptors (Lipinski definition) is 3. The topological polar surface area (TPSA) is 55.4 Å². The van der Waals surface area contributed by atoms with Gasteiger partial charge in [0.05, 0.1) is 13.5 Å². The Kier molecular flexibility index (Phi) is 5.55. The summed E-state index contributed by atoms with van der Waals surface area (Å²) >= 11 is 3.40. The maximum Gasteiger partial charge on any atom is 0.228 e. The highest BCUT2D eigenvalue weighted by atomic mass is 79.9. The van der Waals surface area contributed by atoms with Crippen LogP contribution < -0.4 is 10.1 Å². The molecule has 0 aliphatic rings. The lowest BCUT2D eigenvalue weighted by molar-refractivity contribution is -0.115. The van der Waals surface area contributed by atoms with Gasteiger partial charge in [0.25, 0.3) is 0 Å². The number of methoxy groups -OCH3 is 1. The molecule has 4 nitrogen and oxygen atoms in total. The number of carbonyl (C=O) groups excluding carboxylic acids is 2. The lowest BCUT2D eigenvalue weighted by Crippen LogP contribution is -2.16. The van der Waals surface area contributed by atoms with Crippen molar-refractivity contribution >= 4 is 33.3 Å². The summed E-state index contributed by atoms with van der Waals surface area (Å²) in [6.07, 6.45) is 0.139. The molecule has 0 unspecified atom stereocenters. The van der Waals surface area contributed by atoms with E-state index in [1.165, 1.54) is 6.92 Å². The molecule has 0 saturated carbocycles. The summed E-state index contributed by atoms with van der Waals surface area (Å²) < 4.78 is 6.23. The van der Waals surface area contributed by atoms with Crippen LogP contribution in [0.3, 0.4) is 0 Å². The molecule has 0 atom stereocenters. The summed E-state index contributed by atoms with van der Waals surface area (Å²) in [6.45, 7) is 3.42. The van der Waals surface area contributed by atoms with E-state index in [-0.39, 0.29) is 18.1 Å². The van der Waals surface area contributed by atoms with E-state index in [4.69, 9.17) is 4.74 Å². The van der Waals surface area contributed by atoms with E-state index < -0.39 is 0 Å². The fourth-order valence-electron chi connectivity index (χ4n) is 2.27. The van der Waals surface area contributed by atoms with Crippen molar-refractivity contribution in [2.45, 2.75) is 20.3 Å². The lowest BCUT2D eigenvalue weighted by Gasteiger charge is -2.12. The highest BCUT2D eigenvalue weighted by molar-refractivity contribution is 9.10. The van der Waals surface area contributed by atoms with Crippen LogP contribution in [-0.2, 0) is 11.2 Å². The van der Waals surface area contributed by atoms with Crippen molar-refractivity contribution in [2.24, 2.45) is 0 Å². The molecule has 0 aromatic heterocycles. The van der Waals surface area contributed by atoms with Crippen molar-refractivity contribution in [1.82, 2.24) is 0 Å². The number of Topliss-reactive ketones (excluding diaryl/α,β-unsaturated/α-hetero) is 1. The molecule has 2 rings (SSSR count). The second-order valence-electron chi connectivity index (χ2n) is 5.27. The Labute approximate surface area is 144 Å². The van der Waals surface area contributed by atoms with E-state index in [2.05, 4.69) is 21.2 Å². The van der Waals surface area contributed by atoms with Crippen molar-refractivity contribution in [3.8, 4) is 5.75 Å². The normalized spacial score (nSPS) is 10.3. The first kappa shape index (κ1) is 17.2. The fourth-order valence-corrected chi connectivity index (χ4v) is 2.75. The van der Waals surface area contributed by atoms with Crippen LogP contribution in [0.4, 0.5) is 5.69 Å². The highest BCUT2D eigenvalue weighted by Gasteiger charge is 2.12.